The summed E-state index contributed by atoms with van der Waals surface area (Å²) in [6.45, 7) is 15.9. The number of carbonyl (C=O) groups is 4. The van der Waals surface area contributed by atoms with Crippen molar-refractivity contribution in [2.45, 2.75) is 106 Å². The van der Waals surface area contributed by atoms with Gasteiger partial charge in [0.1, 0.15) is 17.7 Å². The maximum absolute atomic E-state index is 14.6. The van der Waals surface area contributed by atoms with E-state index in [-0.39, 0.29) is 42.1 Å². The van der Waals surface area contributed by atoms with Crippen LogP contribution in [0, 0.1) is 11.8 Å². The number of carbonyl (C=O) groups excluding carboxylic acids is 4. The lowest BCUT2D eigenvalue weighted by molar-refractivity contribution is -0.164. The molecule has 10 nitrogen and oxygen atoms in total. The molecule has 4 rings (SSSR count). The van der Waals surface area contributed by atoms with Gasteiger partial charge in [-0.2, -0.15) is 0 Å². The van der Waals surface area contributed by atoms with Gasteiger partial charge in [0.15, 0.2) is 0 Å². The summed E-state index contributed by atoms with van der Waals surface area (Å²) < 4.78 is 13.0. The summed E-state index contributed by atoms with van der Waals surface area (Å²) in [6, 6.07) is 7.82. The zero-order valence-corrected chi connectivity index (χ0v) is 30.6. The Balaban J connectivity index is 1.71. The molecule has 0 radical (unpaired) electrons. The molecule has 1 spiro atoms. The third kappa shape index (κ3) is 7.28. The summed E-state index contributed by atoms with van der Waals surface area (Å²) in [4.78, 5) is 61.2. The zero-order chi connectivity index (χ0) is 35.4. The van der Waals surface area contributed by atoms with E-state index in [9.17, 15) is 24.3 Å². The third-order valence-electron chi connectivity index (χ3n) is 10.1. The number of hydrogen-bond acceptors (Lipinski definition) is 7. The van der Waals surface area contributed by atoms with E-state index in [1.54, 1.807) is 33.9 Å². The van der Waals surface area contributed by atoms with Gasteiger partial charge in [0.05, 0.1) is 24.0 Å². The number of unbranched alkanes of at least 4 members (excludes halogenated alkanes) is 2. The number of aliphatic hydroxyl groups is 1. The number of alkyl halides is 1. The normalized spacial score (nSPS) is 27.3. The third-order valence-corrected chi connectivity index (χ3v) is 11.0. The Bertz CT molecular complexity index is 1350. The highest BCUT2D eigenvalue weighted by molar-refractivity contribution is 9.09. The van der Waals surface area contributed by atoms with Crippen LogP contribution in [0.5, 0.6) is 0 Å². The largest absolute Gasteiger partial charge is 0.455 e. The number of halogens is 1. The number of aliphatic hydroxyl groups excluding tert-OH is 1. The molecule has 0 aliphatic carbocycles. The van der Waals surface area contributed by atoms with Crippen LogP contribution in [0.2, 0.25) is 0 Å². The van der Waals surface area contributed by atoms with E-state index in [4.69, 9.17) is 9.47 Å². The monoisotopic (exact) mass is 729 g/mol. The zero-order valence-electron chi connectivity index (χ0n) is 29.0. The first kappa shape index (κ1) is 37.8. The summed E-state index contributed by atoms with van der Waals surface area (Å²) in [5.74, 6) is -3.12. The van der Waals surface area contributed by atoms with Crippen LogP contribution in [0.4, 0.5) is 0 Å². The maximum atomic E-state index is 14.6. The molecule has 11 heteroatoms. The molecule has 1 aromatic carbocycles. The van der Waals surface area contributed by atoms with Crippen LogP contribution in [0.1, 0.15) is 77.9 Å². The summed E-state index contributed by atoms with van der Waals surface area (Å²) in [5.41, 5.74) is -1.08. The Labute approximate surface area is 293 Å². The molecule has 1 unspecified atom stereocenters. The molecule has 3 saturated heterocycles. The molecule has 3 aliphatic rings. The summed E-state index contributed by atoms with van der Waals surface area (Å²) in [5, 5.41) is 9.36. The molecule has 1 N–H and O–H groups in total. The van der Waals surface area contributed by atoms with Crippen molar-refractivity contribution in [1.29, 1.82) is 0 Å². The first-order valence-electron chi connectivity index (χ1n) is 17.0. The van der Waals surface area contributed by atoms with Gasteiger partial charge in [-0.1, -0.05) is 58.4 Å². The number of fused-ring (bicyclic) bond motifs is 1. The molecule has 48 heavy (non-hydrogen) atoms. The number of ether oxygens (including phenoxy) is 2. The Hall–Kier alpha value is -3.02. The maximum Gasteiger partial charge on any atom is 0.313 e. The van der Waals surface area contributed by atoms with Gasteiger partial charge in [-0.15, -0.1) is 13.2 Å². The van der Waals surface area contributed by atoms with Gasteiger partial charge < -0.3 is 29.3 Å². The SMILES string of the molecule is C=CCCC(=O)N(C)[C@H](C)[C@H](OC(=O)[C@@H]1[C@H]2O[C@@]3(CC2Br)[C@H](C(=O)N(CC=C)C(C)(C)C)N(CCCCCO)C(=O)[C@@H]13)c1ccccc1. The van der Waals surface area contributed by atoms with E-state index in [0.717, 1.165) is 5.56 Å². The number of likely N-dealkylation sites (tertiary alicyclic amines) is 1. The van der Waals surface area contributed by atoms with Crippen molar-refractivity contribution in [3.63, 3.8) is 0 Å². The predicted octanol–water partition coefficient (Wildman–Crippen LogP) is 4.81. The Morgan fingerprint density at radius 1 is 1.17 bits per heavy atom. The van der Waals surface area contributed by atoms with E-state index in [1.165, 1.54) is 0 Å². The van der Waals surface area contributed by atoms with E-state index < -0.39 is 53.2 Å². The van der Waals surface area contributed by atoms with Crippen molar-refractivity contribution in [3.05, 3.63) is 61.2 Å². The lowest BCUT2D eigenvalue weighted by Crippen LogP contribution is -2.60. The van der Waals surface area contributed by atoms with Crippen LogP contribution in [0.3, 0.4) is 0 Å². The number of allylic oxidation sites excluding steroid dienone is 1. The highest BCUT2D eigenvalue weighted by Gasteiger charge is 2.77. The highest BCUT2D eigenvalue weighted by atomic mass is 79.9. The molecular formula is C37H52BrN3O7. The van der Waals surface area contributed by atoms with E-state index >= 15 is 0 Å². The number of nitrogens with zero attached hydrogens (tertiary/aromatic N) is 3. The second-order valence-electron chi connectivity index (χ2n) is 14.2. The van der Waals surface area contributed by atoms with Gasteiger partial charge in [-0.25, -0.2) is 0 Å². The molecule has 3 fully saturated rings. The van der Waals surface area contributed by atoms with E-state index in [2.05, 4.69) is 29.1 Å². The molecule has 3 heterocycles. The fourth-order valence-electron chi connectivity index (χ4n) is 7.58. The number of amides is 3. The van der Waals surface area contributed by atoms with Gasteiger partial charge in [0.25, 0.3) is 0 Å². The van der Waals surface area contributed by atoms with Crippen LogP contribution in [-0.4, -0.2) is 104 Å². The average Bonchev–Trinajstić information content (AvgIpc) is 3.65. The van der Waals surface area contributed by atoms with Crippen LogP contribution < -0.4 is 0 Å². The van der Waals surface area contributed by atoms with Gasteiger partial charge in [-0.05, 0) is 65.4 Å². The second-order valence-corrected chi connectivity index (χ2v) is 15.4. The Kier molecular flexibility index (Phi) is 12.3. The molecule has 3 amide bonds. The van der Waals surface area contributed by atoms with Crippen molar-refractivity contribution in [2.75, 3.05) is 26.7 Å². The summed E-state index contributed by atoms with van der Waals surface area (Å²) >= 11 is 3.75. The Morgan fingerprint density at radius 3 is 2.46 bits per heavy atom. The minimum Gasteiger partial charge on any atom is -0.455 e. The van der Waals surface area contributed by atoms with E-state index in [1.807, 2.05) is 58.0 Å². The summed E-state index contributed by atoms with van der Waals surface area (Å²) in [6.07, 6.45) is 4.92. The van der Waals surface area contributed by atoms with Crippen LogP contribution in [-0.2, 0) is 28.7 Å². The van der Waals surface area contributed by atoms with Gasteiger partial charge in [0, 0.05) is 43.5 Å². The first-order chi connectivity index (χ1) is 22.7. The lowest BCUT2D eigenvalue weighted by Gasteiger charge is -2.42. The topological polar surface area (TPSA) is 117 Å². The smallest absolute Gasteiger partial charge is 0.313 e. The van der Waals surface area contributed by atoms with Gasteiger partial charge in [-0.3, -0.25) is 19.2 Å². The van der Waals surface area contributed by atoms with Gasteiger partial charge >= 0.3 is 5.97 Å². The van der Waals surface area contributed by atoms with Gasteiger partial charge in [0.2, 0.25) is 17.7 Å². The fraction of sp³-hybridized carbons (Fsp3) is 0.622. The quantitative estimate of drug-likeness (QED) is 0.112. The fourth-order valence-corrected chi connectivity index (χ4v) is 8.53. The minimum absolute atomic E-state index is 0.0417. The van der Waals surface area contributed by atoms with Crippen molar-refractivity contribution >= 4 is 39.6 Å². The predicted molar refractivity (Wildman–Crippen MR) is 187 cm³/mol. The second kappa shape index (κ2) is 15.7. The van der Waals surface area contributed by atoms with Crippen molar-refractivity contribution in [1.82, 2.24) is 14.7 Å². The first-order valence-corrected chi connectivity index (χ1v) is 17.9. The number of esters is 1. The average molecular weight is 731 g/mol. The van der Waals surface area contributed by atoms with Crippen LogP contribution in [0.25, 0.3) is 0 Å². The molecule has 2 bridgehead atoms. The standard InChI is InChI=1S/C37H52BrN3O7/c1-8-10-19-27(43)39(7)24(3)30(25-17-13-11-14-18-25)47-35(46)28-29-33(44)40(21-15-12-16-22-42)32(37(29)23-26(38)31(28)48-37)34(45)41(20-9-2)36(4,5)6/h8-9,11,13-14,17-18,24,26,28-32,42H,1-2,10,12,15-16,19-23H2,3-7H3/t24-,26?,28+,29-,30+,31+,32+,37-/m1/s1. The highest BCUT2D eigenvalue weighted by Crippen LogP contribution is 2.60. The summed E-state index contributed by atoms with van der Waals surface area (Å²) in [7, 11) is 1.69. The van der Waals surface area contributed by atoms with E-state index in [0.29, 0.717) is 38.6 Å². The molecular weight excluding hydrogens is 678 g/mol. The number of rotatable bonds is 16. The lowest BCUT2D eigenvalue weighted by atomic mass is 9.70. The molecule has 8 atom stereocenters. The minimum atomic E-state index is -1.23. The van der Waals surface area contributed by atoms with Crippen molar-refractivity contribution in [3.8, 4) is 0 Å². The Morgan fingerprint density at radius 2 is 1.85 bits per heavy atom. The number of hydrogen-bond donors (Lipinski definition) is 1. The molecule has 1 aromatic rings. The molecule has 3 aliphatic heterocycles. The van der Waals surface area contributed by atoms with Crippen molar-refractivity contribution in [2.24, 2.45) is 11.8 Å². The molecule has 0 aromatic heterocycles. The number of likely N-dealkylation sites (N-methyl/N-ethyl adjacent to an activating group) is 1. The van der Waals surface area contributed by atoms with Crippen molar-refractivity contribution < 1.29 is 33.8 Å². The molecule has 0 saturated carbocycles. The number of benzene rings is 1. The van der Waals surface area contributed by atoms with Crippen LogP contribution >= 0.6 is 15.9 Å². The molecule has 264 valence electrons. The van der Waals surface area contributed by atoms with Crippen LogP contribution in [0.15, 0.2) is 55.6 Å².